The number of hydrogen-bond acceptors (Lipinski definition) is 5. The molecule has 104 valence electrons. The number of aromatic nitrogens is 1. The summed E-state index contributed by atoms with van der Waals surface area (Å²) in [6.07, 6.45) is 0. The van der Waals surface area contributed by atoms with Gasteiger partial charge in [-0.25, -0.2) is 8.42 Å². The van der Waals surface area contributed by atoms with Gasteiger partial charge in [-0.05, 0) is 32.0 Å². The molecule has 1 heterocycles. The Labute approximate surface area is 117 Å². The maximum Gasteiger partial charge on any atom is 0.264 e. The molecule has 0 saturated carbocycles. The maximum atomic E-state index is 12.6. The Hall–Kier alpha value is -2.33. The van der Waals surface area contributed by atoms with Crippen molar-refractivity contribution in [1.82, 2.24) is 5.16 Å². The highest BCUT2D eigenvalue weighted by atomic mass is 32.2. The van der Waals surface area contributed by atoms with E-state index in [9.17, 15) is 8.42 Å². The van der Waals surface area contributed by atoms with Gasteiger partial charge in [-0.3, -0.25) is 4.31 Å². The van der Waals surface area contributed by atoms with Gasteiger partial charge >= 0.3 is 0 Å². The third-order valence-corrected chi connectivity index (χ3v) is 4.69. The van der Waals surface area contributed by atoms with Crippen LogP contribution in [0.1, 0.15) is 17.0 Å². The summed E-state index contributed by atoms with van der Waals surface area (Å²) in [5, 5.41) is 12.6. The van der Waals surface area contributed by atoms with Crippen molar-refractivity contribution < 1.29 is 12.9 Å². The highest BCUT2D eigenvalue weighted by Gasteiger charge is 2.26. The minimum Gasteiger partial charge on any atom is -0.359 e. The Kier molecular flexibility index (Phi) is 3.51. The second-order valence-electron chi connectivity index (χ2n) is 4.28. The fourth-order valence-electron chi connectivity index (χ4n) is 1.93. The topological polar surface area (TPSA) is 87.2 Å². The van der Waals surface area contributed by atoms with Gasteiger partial charge in [0.15, 0.2) is 5.76 Å². The van der Waals surface area contributed by atoms with Crippen molar-refractivity contribution in [2.75, 3.05) is 11.4 Å². The number of hydrogen-bond donors (Lipinski definition) is 0. The van der Waals surface area contributed by atoms with Crippen molar-refractivity contribution in [2.45, 2.75) is 18.7 Å². The first kappa shape index (κ1) is 14.1. The molecule has 0 bridgehead atoms. The normalized spacial score (nSPS) is 11.1. The van der Waals surface area contributed by atoms with Gasteiger partial charge < -0.3 is 4.52 Å². The molecular formula is C13H13N3O3S. The third kappa shape index (κ3) is 2.26. The molecule has 1 aromatic carbocycles. The Morgan fingerprint density at radius 3 is 2.60 bits per heavy atom. The van der Waals surface area contributed by atoms with Gasteiger partial charge in [0, 0.05) is 7.05 Å². The van der Waals surface area contributed by atoms with Crippen LogP contribution >= 0.6 is 0 Å². The van der Waals surface area contributed by atoms with Crippen molar-refractivity contribution in [1.29, 1.82) is 5.26 Å². The zero-order valence-corrected chi connectivity index (χ0v) is 12.1. The van der Waals surface area contributed by atoms with Crippen LogP contribution in [0, 0.1) is 25.2 Å². The molecule has 2 rings (SSSR count). The molecule has 0 radical (unpaired) electrons. The molecule has 6 nitrogen and oxygen atoms in total. The first-order valence-electron chi connectivity index (χ1n) is 5.80. The molecule has 0 atom stereocenters. The number of nitrogens with zero attached hydrogens (tertiary/aromatic N) is 3. The second-order valence-corrected chi connectivity index (χ2v) is 6.25. The highest BCUT2D eigenvalue weighted by molar-refractivity contribution is 7.92. The Morgan fingerprint density at radius 1 is 1.35 bits per heavy atom. The van der Waals surface area contributed by atoms with Crippen LogP contribution in [-0.2, 0) is 10.0 Å². The molecule has 0 saturated heterocycles. The predicted molar refractivity (Wildman–Crippen MR) is 72.7 cm³/mol. The Bertz CT molecular complexity index is 768. The van der Waals surface area contributed by atoms with Crippen molar-refractivity contribution >= 4 is 15.7 Å². The molecule has 0 amide bonds. The Morgan fingerprint density at radius 2 is 2.05 bits per heavy atom. The van der Waals surface area contributed by atoms with Crippen LogP contribution in [0.25, 0.3) is 0 Å². The predicted octanol–water partition coefficient (Wildman–Crippen LogP) is 1.99. The first-order chi connectivity index (χ1) is 9.37. The number of anilines is 1. The fraction of sp³-hybridized carbons (Fsp3) is 0.231. The number of sulfonamides is 1. The van der Waals surface area contributed by atoms with Crippen LogP contribution in [0.2, 0.25) is 0 Å². The Balaban J connectivity index is 2.53. The highest BCUT2D eigenvalue weighted by Crippen LogP contribution is 2.28. The molecule has 0 N–H and O–H groups in total. The van der Waals surface area contributed by atoms with Gasteiger partial charge in [-0.2, -0.15) is 5.26 Å². The monoisotopic (exact) mass is 291 g/mol. The molecule has 7 heteroatoms. The molecule has 2 aromatic rings. The van der Waals surface area contributed by atoms with E-state index in [1.165, 1.54) is 25.2 Å². The quantitative estimate of drug-likeness (QED) is 0.863. The summed E-state index contributed by atoms with van der Waals surface area (Å²) >= 11 is 0. The van der Waals surface area contributed by atoms with Crippen LogP contribution in [0.4, 0.5) is 5.69 Å². The lowest BCUT2D eigenvalue weighted by Gasteiger charge is -2.18. The molecule has 0 aliphatic carbocycles. The van der Waals surface area contributed by atoms with Gasteiger partial charge in [0.25, 0.3) is 10.0 Å². The number of aryl methyl sites for hydroxylation is 2. The van der Waals surface area contributed by atoms with E-state index in [-0.39, 0.29) is 4.90 Å². The van der Waals surface area contributed by atoms with Gasteiger partial charge in [0.05, 0.1) is 16.5 Å². The third-order valence-electron chi connectivity index (χ3n) is 2.93. The molecule has 20 heavy (non-hydrogen) atoms. The minimum absolute atomic E-state index is 0.0547. The first-order valence-corrected chi connectivity index (χ1v) is 7.24. The molecule has 1 aromatic heterocycles. The second kappa shape index (κ2) is 4.98. The lowest BCUT2D eigenvalue weighted by Crippen LogP contribution is -2.27. The van der Waals surface area contributed by atoms with Gasteiger partial charge in [-0.15, -0.1) is 0 Å². The molecule has 0 aliphatic rings. The fourth-order valence-corrected chi connectivity index (χ4v) is 3.28. The molecule has 0 aliphatic heterocycles. The van der Waals surface area contributed by atoms with Crippen LogP contribution in [0.5, 0.6) is 0 Å². The van der Waals surface area contributed by atoms with E-state index in [1.54, 1.807) is 19.9 Å². The van der Waals surface area contributed by atoms with E-state index in [4.69, 9.17) is 9.78 Å². The summed E-state index contributed by atoms with van der Waals surface area (Å²) in [6, 6.07) is 7.79. The van der Waals surface area contributed by atoms with Crippen molar-refractivity contribution in [3.05, 3.63) is 41.3 Å². The SMILES string of the molecule is Cc1noc(C)c1N(C)S(=O)(=O)c1cccc(C#N)c1. The lowest BCUT2D eigenvalue weighted by atomic mass is 10.2. The van der Waals surface area contributed by atoms with Crippen molar-refractivity contribution in [3.63, 3.8) is 0 Å². The summed E-state index contributed by atoms with van der Waals surface area (Å²) in [6.45, 7) is 3.32. The van der Waals surface area contributed by atoms with Crippen molar-refractivity contribution in [2.24, 2.45) is 0 Å². The smallest absolute Gasteiger partial charge is 0.264 e. The van der Waals surface area contributed by atoms with E-state index in [1.807, 2.05) is 6.07 Å². The summed E-state index contributed by atoms with van der Waals surface area (Å²) in [5.74, 6) is 0.421. The van der Waals surface area contributed by atoms with E-state index >= 15 is 0 Å². The van der Waals surface area contributed by atoms with Crippen LogP contribution in [0.15, 0.2) is 33.7 Å². The number of rotatable bonds is 3. The van der Waals surface area contributed by atoms with Gasteiger partial charge in [0.2, 0.25) is 0 Å². The maximum absolute atomic E-state index is 12.6. The molecule has 0 unspecified atom stereocenters. The van der Waals surface area contributed by atoms with E-state index in [2.05, 4.69) is 5.16 Å². The largest absolute Gasteiger partial charge is 0.359 e. The molecule has 0 spiro atoms. The summed E-state index contributed by atoms with van der Waals surface area (Å²) in [7, 11) is -2.33. The summed E-state index contributed by atoms with van der Waals surface area (Å²) in [5.41, 5.74) is 1.19. The number of benzene rings is 1. The van der Waals surface area contributed by atoms with Crippen molar-refractivity contribution in [3.8, 4) is 6.07 Å². The van der Waals surface area contributed by atoms with E-state index in [0.29, 0.717) is 22.7 Å². The molecule has 0 fully saturated rings. The summed E-state index contributed by atoms with van der Waals surface area (Å²) in [4.78, 5) is 0.0547. The average Bonchev–Trinajstić information content (AvgIpc) is 2.77. The van der Waals surface area contributed by atoms with Crippen LogP contribution in [-0.4, -0.2) is 20.6 Å². The van der Waals surface area contributed by atoms with E-state index in [0.717, 1.165) is 4.31 Å². The van der Waals surface area contributed by atoms with E-state index < -0.39 is 10.0 Å². The zero-order chi connectivity index (χ0) is 14.9. The average molecular weight is 291 g/mol. The molecular weight excluding hydrogens is 278 g/mol. The zero-order valence-electron chi connectivity index (χ0n) is 11.3. The standard InChI is InChI=1S/C13H13N3O3S/c1-9-13(10(2)19-15-9)16(3)20(17,18)12-6-4-5-11(7-12)8-14/h4-7H,1-3H3. The van der Waals surface area contributed by atoms with Crippen LogP contribution in [0.3, 0.4) is 0 Å². The summed E-state index contributed by atoms with van der Waals surface area (Å²) < 4.78 is 31.2. The number of nitriles is 1. The van der Waals surface area contributed by atoms with Gasteiger partial charge in [-0.1, -0.05) is 11.2 Å². The van der Waals surface area contributed by atoms with Gasteiger partial charge in [0.1, 0.15) is 11.4 Å². The lowest BCUT2D eigenvalue weighted by molar-refractivity contribution is 0.393. The van der Waals surface area contributed by atoms with Crippen LogP contribution < -0.4 is 4.31 Å². The minimum atomic E-state index is -3.76.